The quantitative estimate of drug-likeness (QED) is 0.259. The van der Waals surface area contributed by atoms with E-state index in [0.717, 1.165) is 29.0 Å². The second-order valence-electron chi connectivity index (χ2n) is 9.15. The second kappa shape index (κ2) is 10.0. The van der Waals surface area contributed by atoms with Gasteiger partial charge in [-0.3, -0.25) is 9.48 Å². The number of thiazole rings is 1. The van der Waals surface area contributed by atoms with Crippen LogP contribution >= 0.6 is 11.3 Å². The molecule has 1 aliphatic rings. The number of para-hydroxylation sites is 1. The normalized spacial score (nSPS) is 15.6. The maximum atomic E-state index is 13.4. The van der Waals surface area contributed by atoms with E-state index < -0.39 is 0 Å². The van der Waals surface area contributed by atoms with Gasteiger partial charge in [-0.25, -0.2) is 4.68 Å². The summed E-state index contributed by atoms with van der Waals surface area (Å²) in [5.74, 6) is 0. The van der Waals surface area contributed by atoms with Crippen LogP contribution in [0.25, 0.3) is 16.9 Å². The molecule has 0 amide bonds. The topological polar surface area (TPSA) is 56.6 Å². The molecule has 0 unspecified atom stereocenters. The monoisotopic (exact) mass is 485 g/mol. The summed E-state index contributed by atoms with van der Waals surface area (Å²) in [6.07, 6.45) is 6.10. The SMILES string of the molecule is C/C(=N\N=c1\scc(-c2ccccc2)n1C1CCCCC1)c1c(C)n(C)n(-c2ccccc2)c1=O. The van der Waals surface area contributed by atoms with E-state index in [2.05, 4.69) is 39.3 Å². The standard InChI is InChI=1S/C28H31N5OS/c1-20(26-21(2)31(3)33(27(26)34)24-17-11-6-12-18-24)29-30-28-32(23-15-9-5-10-16-23)25(19-35-28)22-13-7-4-8-14-22/h4,6-8,11-14,17-19,23H,5,9-10,15-16H2,1-3H3/b29-20+,30-28+. The van der Waals surface area contributed by atoms with Crippen LogP contribution in [0.1, 0.15) is 56.3 Å². The summed E-state index contributed by atoms with van der Waals surface area (Å²) in [4.78, 5) is 14.3. The van der Waals surface area contributed by atoms with E-state index in [1.54, 1.807) is 16.0 Å². The Hall–Kier alpha value is -3.45. The molecule has 2 aromatic heterocycles. The molecule has 0 radical (unpaired) electrons. The number of hydrogen-bond acceptors (Lipinski definition) is 4. The number of nitrogens with zero attached hydrogens (tertiary/aromatic N) is 5. The summed E-state index contributed by atoms with van der Waals surface area (Å²) >= 11 is 1.62. The van der Waals surface area contributed by atoms with Gasteiger partial charge in [0, 0.05) is 24.2 Å². The lowest BCUT2D eigenvalue weighted by atomic mass is 9.95. The molecular formula is C28H31N5OS. The predicted molar refractivity (Wildman–Crippen MR) is 143 cm³/mol. The fourth-order valence-electron chi connectivity index (χ4n) is 5.06. The molecule has 180 valence electrons. The molecule has 6 nitrogen and oxygen atoms in total. The van der Waals surface area contributed by atoms with Gasteiger partial charge in [0.05, 0.1) is 22.7 Å². The van der Waals surface area contributed by atoms with E-state index in [1.165, 1.54) is 30.5 Å². The summed E-state index contributed by atoms with van der Waals surface area (Å²) in [5.41, 5.74) is 5.24. The Morgan fingerprint density at radius 2 is 1.63 bits per heavy atom. The van der Waals surface area contributed by atoms with E-state index in [-0.39, 0.29) is 5.56 Å². The predicted octanol–water partition coefficient (Wildman–Crippen LogP) is 5.84. The van der Waals surface area contributed by atoms with Gasteiger partial charge in [0.1, 0.15) is 0 Å². The van der Waals surface area contributed by atoms with Gasteiger partial charge in [-0.15, -0.1) is 16.4 Å². The van der Waals surface area contributed by atoms with Crippen LogP contribution in [0.3, 0.4) is 0 Å². The molecule has 0 N–H and O–H groups in total. The lowest BCUT2D eigenvalue weighted by Crippen LogP contribution is -2.24. The van der Waals surface area contributed by atoms with Crippen molar-refractivity contribution in [2.75, 3.05) is 0 Å². The van der Waals surface area contributed by atoms with Gasteiger partial charge in [0.25, 0.3) is 5.56 Å². The molecule has 35 heavy (non-hydrogen) atoms. The summed E-state index contributed by atoms with van der Waals surface area (Å²) in [6, 6.07) is 20.6. The lowest BCUT2D eigenvalue weighted by Gasteiger charge is -2.25. The van der Waals surface area contributed by atoms with Gasteiger partial charge in [0.15, 0.2) is 0 Å². The number of rotatable bonds is 5. The maximum absolute atomic E-state index is 13.4. The fourth-order valence-corrected chi connectivity index (χ4v) is 5.97. The zero-order valence-corrected chi connectivity index (χ0v) is 21.3. The van der Waals surface area contributed by atoms with Crippen LogP contribution in [0, 0.1) is 6.92 Å². The molecular weight excluding hydrogens is 454 g/mol. The van der Waals surface area contributed by atoms with Gasteiger partial charge in [-0.1, -0.05) is 67.8 Å². The molecule has 1 fully saturated rings. The average molecular weight is 486 g/mol. The Morgan fingerprint density at radius 3 is 2.31 bits per heavy atom. The van der Waals surface area contributed by atoms with Gasteiger partial charge in [-0.2, -0.15) is 5.10 Å². The lowest BCUT2D eigenvalue weighted by molar-refractivity contribution is 0.350. The van der Waals surface area contributed by atoms with Crippen molar-refractivity contribution in [3.8, 4) is 16.9 Å². The minimum absolute atomic E-state index is 0.0797. The zero-order chi connectivity index (χ0) is 24.4. The van der Waals surface area contributed by atoms with Crippen LogP contribution in [-0.2, 0) is 7.05 Å². The summed E-state index contributed by atoms with van der Waals surface area (Å²) < 4.78 is 5.94. The van der Waals surface area contributed by atoms with Crippen LogP contribution in [-0.4, -0.2) is 19.6 Å². The molecule has 0 saturated heterocycles. The third-order valence-corrected chi connectivity index (χ3v) is 7.78. The Bertz CT molecular complexity index is 1470. The first-order valence-electron chi connectivity index (χ1n) is 12.2. The highest BCUT2D eigenvalue weighted by Gasteiger charge is 2.21. The Labute approximate surface area is 209 Å². The van der Waals surface area contributed by atoms with Gasteiger partial charge in [-0.05, 0) is 44.4 Å². The van der Waals surface area contributed by atoms with Crippen molar-refractivity contribution in [3.05, 3.63) is 92.5 Å². The summed E-state index contributed by atoms with van der Waals surface area (Å²) in [6.45, 7) is 3.83. The van der Waals surface area contributed by atoms with E-state index in [0.29, 0.717) is 17.3 Å². The molecule has 0 atom stereocenters. The zero-order valence-electron chi connectivity index (χ0n) is 20.5. The summed E-state index contributed by atoms with van der Waals surface area (Å²) in [5, 5.41) is 11.5. The molecule has 0 bridgehead atoms. The van der Waals surface area contributed by atoms with Gasteiger partial charge < -0.3 is 4.57 Å². The molecule has 0 aliphatic heterocycles. The first-order chi connectivity index (χ1) is 17.1. The molecule has 2 aromatic carbocycles. The Kier molecular flexibility index (Phi) is 6.68. The smallest absolute Gasteiger partial charge is 0.280 e. The molecule has 1 aliphatic carbocycles. The highest BCUT2D eigenvalue weighted by Crippen LogP contribution is 2.32. The van der Waals surface area contributed by atoms with Crippen LogP contribution in [0.4, 0.5) is 0 Å². The van der Waals surface area contributed by atoms with Gasteiger partial charge >= 0.3 is 0 Å². The number of benzene rings is 2. The third kappa shape index (κ3) is 4.48. The van der Waals surface area contributed by atoms with Crippen molar-refractivity contribution < 1.29 is 0 Å². The van der Waals surface area contributed by atoms with Crippen molar-refractivity contribution >= 4 is 17.0 Å². The van der Waals surface area contributed by atoms with Crippen LogP contribution in [0.5, 0.6) is 0 Å². The molecule has 5 rings (SSSR count). The first-order valence-corrected chi connectivity index (χ1v) is 13.1. The minimum Gasteiger partial charge on any atom is -0.312 e. The fraction of sp³-hybridized carbons (Fsp3) is 0.321. The van der Waals surface area contributed by atoms with E-state index in [4.69, 9.17) is 5.10 Å². The highest BCUT2D eigenvalue weighted by atomic mass is 32.1. The van der Waals surface area contributed by atoms with E-state index in [1.807, 2.05) is 62.0 Å². The molecule has 2 heterocycles. The van der Waals surface area contributed by atoms with Crippen molar-refractivity contribution in [1.29, 1.82) is 0 Å². The molecule has 0 spiro atoms. The van der Waals surface area contributed by atoms with Gasteiger partial charge in [0.2, 0.25) is 4.80 Å². The first kappa shape index (κ1) is 23.3. The maximum Gasteiger partial charge on any atom is 0.280 e. The minimum atomic E-state index is -0.0797. The van der Waals surface area contributed by atoms with Crippen LogP contribution < -0.4 is 10.4 Å². The number of hydrogen-bond donors (Lipinski definition) is 0. The highest BCUT2D eigenvalue weighted by molar-refractivity contribution is 7.07. The third-order valence-electron chi connectivity index (χ3n) is 6.95. The molecule has 7 heteroatoms. The molecule has 1 saturated carbocycles. The second-order valence-corrected chi connectivity index (χ2v) is 9.99. The van der Waals surface area contributed by atoms with Crippen molar-refractivity contribution in [2.45, 2.75) is 52.0 Å². The number of aromatic nitrogens is 3. The van der Waals surface area contributed by atoms with Crippen molar-refractivity contribution in [1.82, 2.24) is 13.9 Å². The van der Waals surface area contributed by atoms with Crippen LogP contribution in [0.15, 0.2) is 81.0 Å². The van der Waals surface area contributed by atoms with Crippen molar-refractivity contribution in [3.63, 3.8) is 0 Å². The Morgan fingerprint density at radius 1 is 0.971 bits per heavy atom. The largest absolute Gasteiger partial charge is 0.312 e. The molecule has 4 aromatic rings. The van der Waals surface area contributed by atoms with E-state index in [9.17, 15) is 4.79 Å². The van der Waals surface area contributed by atoms with Crippen LogP contribution in [0.2, 0.25) is 0 Å². The average Bonchev–Trinajstić information content (AvgIpc) is 3.42. The summed E-state index contributed by atoms with van der Waals surface area (Å²) in [7, 11) is 1.90. The van der Waals surface area contributed by atoms with Crippen molar-refractivity contribution in [2.24, 2.45) is 17.3 Å². The van der Waals surface area contributed by atoms with E-state index >= 15 is 0 Å². The Balaban J connectivity index is 1.60.